The molecule has 3 aromatic rings. The van der Waals surface area contributed by atoms with Gasteiger partial charge >= 0.3 is 0 Å². The molecular formula is C19H22N4O2. The zero-order valence-electron chi connectivity index (χ0n) is 14.6. The van der Waals surface area contributed by atoms with E-state index >= 15 is 0 Å². The summed E-state index contributed by atoms with van der Waals surface area (Å²) in [5.74, 6) is 1.28. The Balaban J connectivity index is 1.94. The molecule has 4 rings (SSSR count). The molecule has 0 bridgehead atoms. The molecule has 130 valence electrons. The molecule has 0 atom stereocenters. The lowest BCUT2D eigenvalue weighted by atomic mass is 9.89. The Kier molecular flexibility index (Phi) is 3.82. The molecule has 1 aromatic carbocycles. The molecule has 0 radical (unpaired) electrons. The van der Waals surface area contributed by atoms with Crippen LogP contribution in [-0.4, -0.2) is 39.3 Å². The summed E-state index contributed by atoms with van der Waals surface area (Å²) in [4.78, 5) is 33.7. The van der Waals surface area contributed by atoms with Crippen LogP contribution in [0.4, 0.5) is 0 Å². The van der Waals surface area contributed by atoms with Crippen LogP contribution in [0.2, 0.25) is 0 Å². The average molecular weight is 338 g/mol. The Bertz CT molecular complexity index is 1010. The number of imidazole rings is 1. The summed E-state index contributed by atoms with van der Waals surface area (Å²) < 4.78 is 1.98. The summed E-state index contributed by atoms with van der Waals surface area (Å²) in [7, 11) is 3.44. The van der Waals surface area contributed by atoms with Crippen LogP contribution in [0, 0.1) is 0 Å². The number of fused-ring (bicyclic) bond motifs is 3. The molecule has 6 heteroatoms. The van der Waals surface area contributed by atoms with Crippen LogP contribution >= 0.6 is 0 Å². The van der Waals surface area contributed by atoms with Crippen molar-refractivity contribution < 1.29 is 4.79 Å². The predicted molar refractivity (Wildman–Crippen MR) is 97.2 cm³/mol. The van der Waals surface area contributed by atoms with E-state index in [0.717, 1.165) is 24.2 Å². The first-order chi connectivity index (χ1) is 12.1. The lowest BCUT2D eigenvalue weighted by molar-refractivity contribution is 0.0827. The van der Waals surface area contributed by atoms with Crippen LogP contribution in [0.15, 0.2) is 29.2 Å². The number of aromatic amines is 1. The minimum absolute atomic E-state index is 0.0824. The second-order valence-electron chi connectivity index (χ2n) is 7.06. The van der Waals surface area contributed by atoms with Gasteiger partial charge in [-0.2, -0.15) is 0 Å². The number of carbonyl (C=O) groups excluding carboxylic acids is 1. The third-order valence-corrected chi connectivity index (χ3v) is 5.13. The van der Waals surface area contributed by atoms with E-state index in [4.69, 9.17) is 0 Å². The second-order valence-corrected chi connectivity index (χ2v) is 7.06. The van der Waals surface area contributed by atoms with E-state index < -0.39 is 0 Å². The summed E-state index contributed by atoms with van der Waals surface area (Å²) >= 11 is 0. The molecule has 1 fully saturated rings. The maximum Gasteiger partial charge on any atom is 0.274 e. The van der Waals surface area contributed by atoms with Gasteiger partial charge in [0.1, 0.15) is 11.3 Å². The molecule has 1 saturated carbocycles. The van der Waals surface area contributed by atoms with Crippen molar-refractivity contribution in [3.8, 4) is 0 Å². The van der Waals surface area contributed by atoms with Crippen molar-refractivity contribution in [2.75, 3.05) is 14.1 Å². The van der Waals surface area contributed by atoms with Gasteiger partial charge in [0.2, 0.25) is 0 Å². The highest BCUT2D eigenvalue weighted by Crippen LogP contribution is 2.32. The highest BCUT2D eigenvalue weighted by atomic mass is 16.2. The average Bonchev–Trinajstić information content (AvgIpc) is 3.07. The topological polar surface area (TPSA) is 70.5 Å². The Morgan fingerprint density at radius 2 is 1.96 bits per heavy atom. The maximum atomic E-state index is 12.5. The fourth-order valence-corrected chi connectivity index (χ4v) is 3.84. The fourth-order valence-electron chi connectivity index (χ4n) is 3.84. The minimum atomic E-state index is -0.170. The van der Waals surface area contributed by atoms with Crippen molar-refractivity contribution in [2.24, 2.45) is 0 Å². The summed E-state index contributed by atoms with van der Waals surface area (Å²) in [6, 6.07) is 5.47. The van der Waals surface area contributed by atoms with Crippen molar-refractivity contribution in [3.05, 3.63) is 46.1 Å². The van der Waals surface area contributed by atoms with Gasteiger partial charge in [0, 0.05) is 25.6 Å². The molecule has 2 heterocycles. The van der Waals surface area contributed by atoms with E-state index in [-0.39, 0.29) is 11.5 Å². The summed E-state index contributed by atoms with van der Waals surface area (Å²) in [6.07, 6.45) is 7.60. The highest BCUT2D eigenvalue weighted by molar-refractivity contribution is 5.97. The highest BCUT2D eigenvalue weighted by Gasteiger charge is 2.22. The first-order valence-electron chi connectivity index (χ1n) is 8.81. The van der Waals surface area contributed by atoms with E-state index in [1.807, 2.05) is 16.5 Å². The second kappa shape index (κ2) is 6.02. The molecule has 1 N–H and O–H groups in total. The molecule has 2 aromatic heterocycles. The largest absolute Gasteiger partial charge is 0.345 e. The first kappa shape index (κ1) is 15.9. The number of carbonyl (C=O) groups is 1. The molecule has 6 nitrogen and oxygen atoms in total. The third-order valence-electron chi connectivity index (χ3n) is 5.13. The zero-order valence-corrected chi connectivity index (χ0v) is 14.6. The van der Waals surface area contributed by atoms with Crippen molar-refractivity contribution in [1.82, 2.24) is 19.3 Å². The third kappa shape index (κ3) is 2.62. The summed E-state index contributed by atoms with van der Waals surface area (Å²) in [5, 5.41) is 0. The van der Waals surface area contributed by atoms with Crippen molar-refractivity contribution in [3.63, 3.8) is 0 Å². The molecule has 0 unspecified atom stereocenters. The van der Waals surface area contributed by atoms with Crippen molar-refractivity contribution >= 4 is 22.5 Å². The standard InChI is InChI=1S/C19H22N4O2/c1-22(2)19(25)13-8-9-15-14(10-13)21-18(24)16-11-20-17(23(15)16)12-6-4-3-5-7-12/h8-12H,3-7H2,1-2H3,(H,21,24). The molecule has 0 spiro atoms. The van der Waals surface area contributed by atoms with Gasteiger partial charge in [-0.25, -0.2) is 4.98 Å². The molecule has 0 saturated heterocycles. The van der Waals surface area contributed by atoms with E-state index in [2.05, 4.69) is 9.97 Å². The van der Waals surface area contributed by atoms with Crippen LogP contribution < -0.4 is 5.56 Å². The zero-order chi connectivity index (χ0) is 17.6. The Morgan fingerprint density at radius 1 is 1.20 bits per heavy atom. The van der Waals surface area contributed by atoms with Gasteiger partial charge in [0.05, 0.1) is 17.2 Å². The van der Waals surface area contributed by atoms with Crippen LogP contribution in [0.1, 0.15) is 54.2 Å². The number of H-pyrrole nitrogens is 1. The lowest BCUT2D eigenvalue weighted by Gasteiger charge is -2.21. The molecular weight excluding hydrogens is 316 g/mol. The SMILES string of the molecule is CN(C)C(=O)c1ccc2c(c1)[nH]c(=O)c1cnc(C3CCCCC3)n12. The lowest BCUT2D eigenvalue weighted by Crippen LogP contribution is -2.22. The van der Waals surface area contributed by atoms with Crippen LogP contribution in [0.5, 0.6) is 0 Å². The van der Waals surface area contributed by atoms with E-state index in [1.54, 1.807) is 26.4 Å². The maximum absolute atomic E-state index is 12.5. The number of amides is 1. The number of benzene rings is 1. The van der Waals surface area contributed by atoms with Gasteiger partial charge in [-0.1, -0.05) is 19.3 Å². The number of nitrogens with one attached hydrogen (secondary N) is 1. The van der Waals surface area contributed by atoms with Crippen LogP contribution in [0.25, 0.3) is 16.6 Å². The molecule has 1 aliphatic rings. The fraction of sp³-hybridized carbons (Fsp3) is 0.421. The van der Waals surface area contributed by atoms with Crippen LogP contribution in [0.3, 0.4) is 0 Å². The Morgan fingerprint density at radius 3 is 2.68 bits per heavy atom. The van der Waals surface area contributed by atoms with Crippen molar-refractivity contribution in [1.29, 1.82) is 0 Å². The molecule has 0 aliphatic heterocycles. The molecule has 25 heavy (non-hydrogen) atoms. The quantitative estimate of drug-likeness (QED) is 0.781. The Hall–Kier alpha value is -2.63. The molecule has 1 aliphatic carbocycles. The number of hydrogen-bond acceptors (Lipinski definition) is 3. The van der Waals surface area contributed by atoms with Gasteiger partial charge in [-0.3, -0.25) is 14.0 Å². The summed E-state index contributed by atoms with van der Waals surface area (Å²) in [5.41, 5.74) is 2.52. The number of hydrogen-bond donors (Lipinski definition) is 1. The van der Waals surface area contributed by atoms with Gasteiger partial charge in [-0.15, -0.1) is 0 Å². The van der Waals surface area contributed by atoms with Gasteiger partial charge in [0.25, 0.3) is 11.5 Å². The van der Waals surface area contributed by atoms with E-state index in [9.17, 15) is 9.59 Å². The first-order valence-corrected chi connectivity index (χ1v) is 8.81. The minimum Gasteiger partial charge on any atom is -0.345 e. The molecule has 1 amide bonds. The summed E-state index contributed by atoms with van der Waals surface area (Å²) in [6.45, 7) is 0. The van der Waals surface area contributed by atoms with Gasteiger partial charge < -0.3 is 9.88 Å². The van der Waals surface area contributed by atoms with Crippen molar-refractivity contribution in [2.45, 2.75) is 38.0 Å². The number of aromatic nitrogens is 3. The number of nitrogens with zero attached hydrogens (tertiary/aromatic N) is 3. The smallest absolute Gasteiger partial charge is 0.274 e. The van der Waals surface area contributed by atoms with Gasteiger partial charge in [0.15, 0.2) is 0 Å². The normalized spacial score (nSPS) is 15.8. The van der Waals surface area contributed by atoms with E-state index in [0.29, 0.717) is 22.5 Å². The van der Waals surface area contributed by atoms with Gasteiger partial charge in [-0.05, 0) is 31.0 Å². The number of rotatable bonds is 2. The van der Waals surface area contributed by atoms with E-state index in [1.165, 1.54) is 24.2 Å². The van der Waals surface area contributed by atoms with Crippen LogP contribution in [-0.2, 0) is 0 Å². The Labute approximate surface area is 145 Å². The predicted octanol–water partition coefficient (Wildman–Crippen LogP) is 2.93. The monoisotopic (exact) mass is 338 g/mol.